The Labute approximate surface area is 157 Å². The van der Waals surface area contributed by atoms with E-state index in [0.29, 0.717) is 5.88 Å². The Morgan fingerprint density at radius 2 is 2.04 bits per heavy atom. The number of pyridine rings is 1. The van der Waals surface area contributed by atoms with Crippen molar-refractivity contribution in [3.63, 3.8) is 0 Å². The zero-order valence-electron chi connectivity index (χ0n) is 15.0. The third-order valence-electron chi connectivity index (χ3n) is 5.43. The summed E-state index contributed by atoms with van der Waals surface area (Å²) in [6.45, 7) is -0.204. The van der Waals surface area contributed by atoms with Gasteiger partial charge in [-0.15, -0.1) is 0 Å². The number of halogens is 1. The van der Waals surface area contributed by atoms with Crippen LogP contribution in [0.3, 0.4) is 0 Å². The van der Waals surface area contributed by atoms with Crippen molar-refractivity contribution >= 4 is 5.91 Å². The summed E-state index contributed by atoms with van der Waals surface area (Å²) in [5.41, 5.74) is 1.71. The molecular formula is C21H23FN2O3. The van der Waals surface area contributed by atoms with E-state index < -0.39 is 6.04 Å². The molecule has 3 atom stereocenters. The Hall–Kier alpha value is -2.47. The van der Waals surface area contributed by atoms with Crippen molar-refractivity contribution < 1.29 is 19.0 Å². The summed E-state index contributed by atoms with van der Waals surface area (Å²) >= 11 is 0. The average molecular weight is 370 g/mol. The van der Waals surface area contributed by atoms with Crippen LogP contribution in [-0.2, 0) is 4.79 Å². The molecule has 4 rings (SSSR count). The average Bonchev–Trinajstić information content (AvgIpc) is 3.45. The van der Waals surface area contributed by atoms with Crippen LogP contribution in [0.5, 0.6) is 5.88 Å². The molecule has 1 aromatic carbocycles. The highest BCUT2D eigenvalue weighted by molar-refractivity contribution is 5.83. The van der Waals surface area contributed by atoms with Crippen LogP contribution >= 0.6 is 0 Å². The fraction of sp³-hybridized carbons (Fsp3) is 0.429. The van der Waals surface area contributed by atoms with Gasteiger partial charge >= 0.3 is 0 Å². The number of aromatic nitrogens is 1. The van der Waals surface area contributed by atoms with Crippen LogP contribution in [-0.4, -0.2) is 28.7 Å². The van der Waals surface area contributed by atoms with E-state index in [1.165, 1.54) is 18.6 Å². The predicted octanol–water partition coefficient (Wildman–Crippen LogP) is 3.11. The van der Waals surface area contributed by atoms with Gasteiger partial charge in [0, 0.05) is 18.2 Å². The Kier molecular flexibility index (Phi) is 5.07. The number of aliphatic hydroxyl groups is 1. The molecule has 2 aliphatic rings. The number of rotatable bonds is 7. The van der Waals surface area contributed by atoms with Crippen molar-refractivity contribution in [2.75, 3.05) is 6.61 Å². The number of nitrogens with zero attached hydrogens (tertiary/aromatic N) is 1. The molecule has 0 spiro atoms. The zero-order valence-corrected chi connectivity index (χ0v) is 15.0. The first-order valence-electron chi connectivity index (χ1n) is 9.43. The summed E-state index contributed by atoms with van der Waals surface area (Å²) in [6.07, 6.45) is 5.96. The SMILES string of the molecule is O=C(N[C@@H](CO)c1ccc(OC2CCC2)nc1)[C@H]1C[C@@H]1c1ccc(F)cc1. The highest BCUT2D eigenvalue weighted by Crippen LogP contribution is 2.47. The molecule has 0 aliphatic heterocycles. The van der Waals surface area contributed by atoms with E-state index in [2.05, 4.69) is 10.3 Å². The van der Waals surface area contributed by atoms with Crippen LogP contribution in [0.25, 0.3) is 0 Å². The zero-order chi connectivity index (χ0) is 18.8. The maximum atomic E-state index is 13.0. The Balaban J connectivity index is 1.34. The van der Waals surface area contributed by atoms with Gasteiger partial charge in [0.15, 0.2) is 0 Å². The molecule has 2 fully saturated rings. The number of carbonyl (C=O) groups is 1. The molecule has 5 nitrogen and oxygen atoms in total. The maximum Gasteiger partial charge on any atom is 0.224 e. The molecule has 27 heavy (non-hydrogen) atoms. The fourth-order valence-corrected chi connectivity index (χ4v) is 3.40. The van der Waals surface area contributed by atoms with Crippen LogP contribution in [0.4, 0.5) is 4.39 Å². The molecule has 2 N–H and O–H groups in total. The molecule has 0 bridgehead atoms. The lowest BCUT2D eigenvalue weighted by Crippen LogP contribution is -2.32. The summed E-state index contributed by atoms with van der Waals surface area (Å²) in [5, 5.41) is 12.6. The minimum atomic E-state index is -0.503. The summed E-state index contributed by atoms with van der Waals surface area (Å²) in [6, 6.07) is 9.38. The third kappa shape index (κ3) is 4.11. The molecule has 2 aromatic rings. The topological polar surface area (TPSA) is 71.5 Å². The molecule has 2 saturated carbocycles. The standard InChI is InChI=1S/C21H23FN2O3/c22-15-7-4-13(5-8-15)17-10-18(17)21(26)24-19(12-25)14-6-9-20(23-11-14)27-16-2-1-3-16/h4-9,11,16-19,25H,1-3,10,12H2,(H,24,26)/t17-,18+,19+/m1/s1. The van der Waals surface area contributed by atoms with Gasteiger partial charge < -0.3 is 15.2 Å². The van der Waals surface area contributed by atoms with E-state index in [1.54, 1.807) is 24.4 Å². The van der Waals surface area contributed by atoms with E-state index in [1.807, 2.05) is 6.07 Å². The van der Waals surface area contributed by atoms with E-state index in [4.69, 9.17) is 4.74 Å². The van der Waals surface area contributed by atoms with Gasteiger partial charge in [0.2, 0.25) is 11.8 Å². The van der Waals surface area contributed by atoms with Gasteiger partial charge in [0.05, 0.1) is 12.6 Å². The monoisotopic (exact) mass is 370 g/mol. The minimum absolute atomic E-state index is 0.0989. The Morgan fingerprint density at radius 3 is 2.63 bits per heavy atom. The highest BCUT2D eigenvalue weighted by atomic mass is 19.1. The number of carbonyl (C=O) groups excluding carboxylic acids is 1. The predicted molar refractivity (Wildman–Crippen MR) is 97.7 cm³/mol. The summed E-state index contributed by atoms with van der Waals surface area (Å²) in [5.74, 6) is 0.168. The lowest BCUT2D eigenvalue weighted by atomic mass is 9.96. The number of amides is 1. The smallest absolute Gasteiger partial charge is 0.224 e. The van der Waals surface area contributed by atoms with Crippen LogP contribution in [0, 0.1) is 11.7 Å². The van der Waals surface area contributed by atoms with E-state index in [9.17, 15) is 14.3 Å². The number of nitrogens with one attached hydrogen (secondary N) is 1. The van der Waals surface area contributed by atoms with Crippen molar-refractivity contribution in [1.29, 1.82) is 0 Å². The van der Waals surface area contributed by atoms with Gasteiger partial charge in [0.25, 0.3) is 0 Å². The summed E-state index contributed by atoms with van der Waals surface area (Å²) in [4.78, 5) is 16.8. The summed E-state index contributed by atoms with van der Waals surface area (Å²) < 4.78 is 18.8. The van der Waals surface area contributed by atoms with E-state index in [0.717, 1.165) is 30.4 Å². The molecule has 142 valence electrons. The Morgan fingerprint density at radius 1 is 1.26 bits per heavy atom. The second kappa shape index (κ2) is 7.64. The summed E-state index contributed by atoms with van der Waals surface area (Å²) in [7, 11) is 0. The molecule has 6 heteroatoms. The lowest BCUT2D eigenvalue weighted by molar-refractivity contribution is -0.123. The molecule has 0 saturated heterocycles. The fourth-order valence-electron chi connectivity index (χ4n) is 3.40. The number of ether oxygens (including phenoxy) is 1. The normalized spacial score (nSPS) is 22.6. The van der Waals surface area contributed by atoms with Crippen LogP contribution in [0.1, 0.15) is 48.8 Å². The number of hydrogen-bond donors (Lipinski definition) is 2. The molecule has 1 heterocycles. The van der Waals surface area contributed by atoms with Gasteiger partial charge in [-0.3, -0.25) is 4.79 Å². The molecular weight excluding hydrogens is 347 g/mol. The first-order valence-corrected chi connectivity index (χ1v) is 9.43. The second-order valence-electron chi connectivity index (χ2n) is 7.34. The first-order chi connectivity index (χ1) is 13.1. The van der Waals surface area contributed by atoms with Gasteiger partial charge in [-0.25, -0.2) is 9.37 Å². The molecule has 0 radical (unpaired) electrons. The Bertz CT molecular complexity index is 790. The van der Waals surface area contributed by atoms with Gasteiger partial charge in [-0.1, -0.05) is 12.1 Å². The minimum Gasteiger partial charge on any atom is -0.474 e. The molecule has 1 aromatic heterocycles. The van der Waals surface area contributed by atoms with E-state index in [-0.39, 0.29) is 36.3 Å². The number of hydrogen-bond acceptors (Lipinski definition) is 4. The van der Waals surface area contributed by atoms with Gasteiger partial charge in [-0.05, 0) is 60.9 Å². The van der Waals surface area contributed by atoms with Crippen LogP contribution in [0.2, 0.25) is 0 Å². The van der Waals surface area contributed by atoms with Gasteiger partial charge in [-0.2, -0.15) is 0 Å². The highest BCUT2D eigenvalue weighted by Gasteiger charge is 2.44. The van der Waals surface area contributed by atoms with Gasteiger partial charge in [0.1, 0.15) is 11.9 Å². The quantitative estimate of drug-likeness (QED) is 0.786. The second-order valence-corrected chi connectivity index (χ2v) is 7.34. The maximum absolute atomic E-state index is 13.0. The lowest BCUT2D eigenvalue weighted by Gasteiger charge is -2.25. The molecule has 1 amide bonds. The van der Waals surface area contributed by atoms with Crippen molar-refractivity contribution in [2.45, 2.75) is 43.7 Å². The number of aliphatic hydroxyl groups excluding tert-OH is 1. The first kappa shape index (κ1) is 17.9. The molecule has 2 aliphatic carbocycles. The van der Waals surface area contributed by atoms with Crippen molar-refractivity contribution in [1.82, 2.24) is 10.3 Å². The van der Waals surface area contributed by atoms with E-state index >= 15 is 0 Å². The largest absolute Gasteiger partial charge is 0.474 e. The number of benzene rings is 1. The molecule has 0 unspecified atom stereocenters. The van der Waals surface area contributed by atoms with Crippen molar-refractivity contribution in [2.24, 2.45) is 5.92 Å². The third-order valence-corrected chi connectivity index (χ3v) is 5.43. The van der Waals surface area contributed by atoms with Crippen LogP contribution < -0.4 is 10.1 Å². The van der Waals surface area contributed by atoms with Crippen LogP contribution in [0.15, 0.2) is 42.6 Å². The van der Waals surface area contributed by atoms with Crippen molar-refractivity contribution in [3.05, 3.63) is 59.5 Å². The van der Waals surface area contributed by atoms with Crippen molar-refractivity contribution in [3.8, 4) is 5.88 Å².